The molecule has 5 N–H and O–H groups in total. The zero-order valence-corrected chi connectivity index (χ0v) is 6.90. The third kappa shape index (κ3) is 6.76. The molecule has 1 amide bonds. The first-order valence-corrected chi connectivity index (χ1v) is 3.15. The molecule has 0 radical (unpaired) electrons. The topological polar surface area (TPSA) is 135 Å². The lowest BCUT2D eigenvalue weighted by Gasteiger charge is -2.09. The number of carbonyl (C=O) groups is 3. The Morgan fingerprint density at radius 1 is 1.31 bits per heavy atom. The van der Waals surface area contributed by atoms with Crippen molar-refractivity contribution in [1.29, 1.82) is 0 Å². The maximum absolute atomic E-state index is 10.4. The molecule has 7 nitrogen and oxygen atoms in total. The van der Waals surface area contributed by atoms with Crippen molar-refractivity contribution in [3.63, 3.8) is 0 Å². The average Bonchev–Trinajstić information content (AvgIpc) is 1.83. The molecule has 0 heterocycles. The van der Waals surface area contributed by atoms with Crippen LogP contribution in [0.15, 0.2) is 0 Å². The van der Waals surface area contributed by atoms with Gasteiger partial charge in [-0.25, -0.2) is 4.79 Å². The number of nitrogens with one attached hydrogen (secondary N) is 1. The minimum Gasteiger partial charge on any atom is -0.481 e. The number of rotatable bonds is 4. The molecule has 13 heavy (non-hydrogen) atoms. The lowest BCUT2D eigenvalue weighted by molar-refractivity contribution is -0.147. The van der Waals surface area contributed by atoms with Crippen LogP contribution in [0.3, 0.4) is 0 Å². The van der Waals surface area contributed by atoms with E-state index in [4.69, 9.17) is 10.2 Å². The monoisotopic (exact) mass is 193 g/mol. The summed E-state index contributed by atoms with van der Waals surface area (Å²) in [7, 11) is 0. The predicted molar refractivity (Wildman–Crippen MR) is 41.1 cm³/mol. The number of amides is 1. The van der Waals surface area contributed by atoms with Gasteiger partial charge in [-0.05, 0) is 0 Å². The Morgan fingerprint density at radius 2 is 1.77 bits per heavy atom. The van der Waals surface area contributed by atoms with E-state index in [1.54, 1.807) is 0 Å². The maximum Gasteiger partial charge on any atom is 0.326 e. The second-order valence-electron chi connectivity index (χ2n) is 2.19. The standard InChI is InChI=1S/C6H9NO5.H2O/c1-3(8)7-4(6(11)12)2-5(9)10;/h4H,2H2,1H3,(H,7,8)(H,9,10)(H,11,12);1H2/t4-;/m0./s1. The van der Waals surface area contributed by atoms with Gasteiger partial charge in [0, 0.05) is 6.92 Å². The zero-order valence-electron chi connectivity index (χ0n) is 6.90. The zero-order chi connectivity index (χ0) is 9.72. The Bertz CT molecular complexity index is 197. The van der Waals surface area contributed by atoms with Crippen LogP contribution < -0.4 is 5.32 Å². The van der Waals surface area contributed by atoms with E-state index in [0.29, 0.717) is 0 Å². The summed E-state index contributed by atoms with van der Waals surface area (Å²) >= 11 is 0. The first kappa shape index (κ1) is 13.9. The highest BCUT2D eigenvalue weighted by molar-refractivity contribution is 5.85. The van der Waals surface area contributed by atoms with Crippen molar-refractivity contribution in [2.75, 3.05) is 0 Å². The molecule has 1 atom stereocenters. The van der Waals surface area contributed by atoms with Crippen LogP contribution in [-0.4, -0.2) is 39.6 Å². The SMILES string of the molecule is CC(=O)N[C@@H](CC(=O)O)C(=O)O.O. The Labute approximate surface area is 73.7 Å². The van der Waals surface area contributed by atoms with E-state index in [9.17, 15) is 14.4 Å². The van der Waals surface area contributed by atoms with E-state index in [1.165, 1.54) is 0 Å². The fourth-order valence-corrected chi connectivity index (χ4v) is 0.620. The predicted octanol–water partition coefficient (Wildman–Crippen LogP) is -1.77. The quantitative estimate of drug-likeness (QED) is 0.485. The number of hydrogen-bond acceptors (Lipinski definition) is 3. The van der Waals surface area contributed by atoms with Gasteiger partial charge >= 0.3 is 11.9 Å². The molecule has 76 valence electrons. The normalized spacial score (nSPS) is 10.8. The highest BCUT2D eigenvalue weighted by atomic mass is 16.4. The van der Waals surface area contributed by atoms with Gasteiger partial charge in [-0.2, -0.15) is 0 Å². The van der Waals surface area contributed by atoms with Crippen LogP contribution in [0, 0.1) is 0 Å². The molecule has 0 rings (SSSR count). The Morgan fingerprint density at radius 3 is 2.00 bits per heavy atom. The summed E-state index contributed by atoms with van der Waals surface area (Å²) in [5.41, 5.74) is 0. The average molecular weight is 193 g/mol. The summed E-state index contributed by atoms with van der Waals surface area (Å²) in [5, 5.41) is 18.6. The van der Waals surface area contributed by atoms with E-state index >= 15 is 0 Å². The summed E-state index contributed by atoms with van der Waals surface area (Å²) in [6.45, 7) is 1.12. The van der Waals surface area contributed by atoms with Gasteiger partial charge in [0.2, 0.25) is 5.91 Å². The highest BCUT2D eigenvalue weighted by Gasteiger charge is 2.21. The maximum atomic E-state index is 10.4. The fraction of sp³-hybridized carbons (Fsp3) is 0.500. The van der Waals surface area contributed by atoms with Crippen molar-refractivity contribution in [1.82, 2.24) is 5.32 Å². The van der Waals surface area contributed by atoms with Crippen molar-refractivity contribution < 1.29 is 30.1 Å². The van der Waals surface area contributed by atoms with Crippen molar-refractivity contribution in [3.8, 4) is 0 Å². The Kier molecular flexibility index (Phi) is 6.37. The van der Waals surface area contributed by atoms with E-state index in [2.05, 4.69) is 0 Å². The van der Waals surface area contributed by atoms with Gasteiger partial charge in [-0.1, -0.05) is 0 Å². The lowest BCUT2D eigenvalue weighted by Crippen LogP contribution is -2.41. The number of carboxylic acids is 2. The molecule has 0 spiro atoms. The summed E-state index contributed by atoms with van der Waals surface area (Å²) in [5.74, 6) is -3.19. The number of carbonyl (C=O) groups excluding carboxylic acids is 1. The molecule has 7 heteroatoms. The highest BCUT2D eigenvalue weighted by Crippen LogP contribution is 1.91. The first-order chi connectivity index (χ1) is 5.43. The first-order valence-electron chi connectivity index (χ1n) is 3.15. The van der Waals surface area contributed by atoms with Gasteiger partial charge in [0.15, 0.2) is 0 Å². The largest absolute Gasteiger partial charge is 0.481 e. The fourth-order valence-electron chi connectivity index (χ4n) is 0.620. The molecule has 0 aliphatic rings. The van der Waals surface area contributed by atoms with Crippen molar-refractivity contribution in [2.24, 2.45) is 0 Å². The molecule has 0 aromatic heterocycles. The molecule has 0 unspecified atom stereocenters. The number of aliphatic carboxylic acids is 2. The second kappa shape index (κ2) is 5.95. The van der Waals surface area contributed by atoms with Crippen molar-refractivity contribution in [2.45, 2.75) is 19.4 Å². The number of hydrogen-bond donors (Lipinski definition) is 3. The van der Waals surface area contributed by atoms with Gasteiger partial charge in [-0.15, -0.1) is 0 Å². The van der Waals surface area contributed by atoms with Gasteiger partial charge < -0.3 is 21.0 Å². The molecular weight excluding hydrogens is 182 g/mol. The summed E-state index contributed by atoms with van der Waals surface area (Å²) < 4.78 is 0. The van der Waals surface area contributed by atoms with E-state index in [1.807, 2.05) is 5.32 Å². The van der Waals surface area contributed by atoms with E-state index in [-0.39, 0.29) is 5.48 Å². The molecule has 0 bridgehead atoms. The molecule has 0 aliphatic carbocycles. The molecule has 0 aromatic rings. The van der Waals surface area contributed by atoms with Crippen LogP contribution >= 0.6 is 0 Å². The van der Waals surface area contributed by atoms with Crippen LogP contribution in [0.2, 0.25) is 0 Å². The van der Waals surface area contributed by atoms with Crippen LogP contribution in [0.1, 0.15) is 13.3 Å². The Balaban J connectivity index is 0. The smallest absolute Gasteiger partial charge is 0.326 e. The molecule has 0 aliphatic heterocycles. The minimum atomic E-state index is -1.35. The number of carboxylic acid groups (broad SMARTS) is 2. The third-order valence-electron chi connectivity index (χ3n) is 1.05. The van der Waals surface area contributed by atoms with Gasteiger partial charge in [-0.3, -0.25) is 9.59 Å². The van der Waals surface area contributed by atoms with Gasteiger partial charge in [0.25, 0.3) is 0 Å². The third-order valence-corrected chi connectivity index (χ3v) is 1.05. The molecule has 0 fully saturated rings. The van der Waals surface area contributed by atoms with Crippen LogP contribution in [0.25, 0.3) is 0 Å². The summed E-state index contributed by atoms with van der Waals surface area (Å²) in [4.78, 5) is 30.7. The summed E-state index contributed by atoms with van der Waals surface area (Å²) in [6, 6.07) is -1.35. The molecule has 0 aromatic carbocycles. The Hall–Kier alpha value is -1.63. The molecule has 0 saturated heterocycles. The molecular formula is C6H11NO6. The van der Waals surface area contributed by atoms with Crippen molar-refractivity contribution in [3.05, 3.63) is 0 Å². The van der Waals surface area contributed by atoms with Gasteiger partial charge in [0.05, 0.1) is 6.42 Å². The van der Waals surface area contributed by atoms with Crippen LogP contribution in [0.5, 0.6) is 0 Å². The van der Waals surface area contributed by atoms with Crippen LogP contribution in [-0.2, 0) is 14.4 Å². The van der Waals surface area contributed by atoms with E-state index < -0.39 is 30.3 Å². The van der Waals surface area contributed by atoms with Crippen molar-refractivity contribution >= 4 is 17.8 Å². The van der Waals surface area contributed by atoms with E-state index in [0.717, 1.165) is 6.92 Å². The summed E-state index contributed by atoms with van der Waals surface area (Å²) in [6.07, 6.45) is -0.616. The minimum absolute atomic E-state index is 0. The van der Waals surface area contributed by atoms with Crippen LogP contribution in [0.4, 0.5) is 0 Å². The lowest BCUT2D eigenvalue weighted by atomic mass is 10.2. The second-order valence-corrected chi connectivity index (χ2v) is 2.19. The van der Waals surface area contributed by atoms with Gasteiger partial charge in [0.1, 0.15) is 6.04 Å². The molecule has 0 saturated carbocycles.